The van der Waals surface area contributed by atoms with E-state index in [-0.39, 0.29) is 197 Å². The summed E-state index contributed by atoms with van der Waals surface area (Å²) in [6.07, 6.45) is 1.01. The standard InChI is InChI=1S/C50H81N5O25.3Ni/c1-49(2,3)37(57)23-50(30-78-20-15-33(56)11-5-4-6-12-34(46(72)73)53(24-40(60)61)25-41(62)63,31-79-21-16-38(58)51-18-9-7-13-35(47(74)75)54(26-42(64)65)27-43(66)67)32-80-22-17-39(59)52-19-10-8-14-36(48(76)77)55(28-44(68)69)29-45(70)71;;;/h34-36H,4-32H2,1-3H3,(H,51,58)(H,52,59)(H,60,61)(H,62,63)(H,64,65)(H,66,67)(H,68,69)(H,70,71)(H,72,73)(H,74,75)(H,76,77);;;/q;3*+3. The number of carboxylic acid groups (broad SMARTS) is 9. The maximum Gasteiger partial charge on any atom is 3.00 e. The molecule has 0 spiro atoms. The van der Waals surface area contributed by atoms with Crippen LogP contribution in [0.25, 0.3) is 0 Å². The first-order valence-corrected chi connectivity index (χ1v) is 25.9. The van der Waals surface area contributed by atoms with Crippen molar-refractivity contribution in [1.29, 1.82) is 0 Å². The van der Waals surface area contributed by atoms with Crippen molar-refractivity contribution in [3.8, 4) is 0 Å². The van der Waals surface area contributed by atoms with E-state index in [0.717, 1.165) is 14.7 Å². The van der Waals surface area contributed by atoms with Crippen molar-refractivity contribution in [1.82, 2.24) is 25.3 Å². The maximum absolute atomic E-state index is 13.6. The number of ketones is 2. The molecule has 2 amide bonds. The van der Waals surface area contributed by atoms with Gasteiger partial charge in [0.25, 0.3) is 0 Å². The van der Waals surface area contributed by atoms with Crippen LogP contribution in [-0.2, 0) is 126 Å². The number of amides is 2. The molecule has 83 heavy (non-hydrogen) atoms. The molecule has 0 saturated carbocycles. The number of Topliss-reactive ketones (excluding diaryl/α,β-unsaturated/α-hetero) is 2. The molecule has 0 heterocycles. The molecule has 33 heteroatoms. The van der Waals surface area contributed by atoms with Crippen LogP contribution < -0.4 is 10.6 Å². The van der Waals surface area contributed by atoms with Crippen molar-refractivity contribution in [3.63, 3.8) is 0 Å². The summed E-state index contributed by atoms with van der Waals surface area (Å²) in [7, 11) is 0. The molecule has 3 unspecified atom stereocenters. The number of rotatable bonds is 51. The van der Waals surface area contributed by atoms with Crippen molar-refractivity contribution in [3.05, 3.63) is 0 Å². The van der Waals surface area contributed by atoms with Gasteiger partial charge in [-0.15, -0.1) is 0 Å². The van der Waals surface area contributed by atoms with Gasteiger partial charge in [-0.25, -0.2) is 0 Å². The molecule has 0 aromatic carbocycles. The Labute approximate surface area is 510 Å². The van der Waals surface area contributed by atoms with Crippen LogP contribution in [0.5, 0.6) is 0 Å². The van der Waals surface area contributed by atoms with Gasteiger partial charge in [0.1, 0.15) is 29.7 Å². The first-order valence-electron chi connectivity index (χ1n) is 25.9. The summed E-state index contributed by atoms with van der Waals surface area (Å²) in [5, 5.41) is 89.0. The first kappa shape index (κ1) is 84.2. The number of nitrogens with one attached hydrogen (secondary N) is 2. The van der Waals surface area contributed by atoms with Gasteiger partial charge in [0.2, 0.25) is 11.8 Å². The zero-order valence-corrected chi connectivity index (χ0v) is 49.5. The second kappa shape index (κ2) is 46.1. The molecule has 0 bridgehead atoms. The number of hydrogen-bond acceptors (Lipinski definition) is 19. The average Bonchev–Trinajstić information content (AvgIpc) is 3.31. The van der Waals surface area contributed by atoms with E-state index in [9.17, 15) is 77.6 Å². The summed E-state index contributed by atoms with van der Waals surface area (Å²) in [6, 6.07) is -4.19. The van der Waals surface area contributed by atoms with E-state index in [1.54, 1.807) is 20.8 Å². The van der Waals surface area contributed by atoms with Gasteiger partial charge < -0.3 is 70.8 Å². The van der Waals surface area contributed by atoms with Crippen LogP contribution in [0.1, 0.15) is 117 Å². The second-order valence-corrected chi connectivity index (χ2v) is 20.2. The topological polar surface area (TPSA) is 465 Å². The molecule has 0 aliphatic carbocycles. The van der Waals surface area contributed by atoms with Crippen LogP contribution in [0.15, 0.2) is 0 Å². The van der Waals surface area contributed by atoms with Crippen molar-refractivity contribution < 1.29 is 172 Å². The Kier molecular flexibility index (Phi) is 46.8. The minimum absolute atomic E-state index is 0. The molecule has 3 radical (unpaired) electrons. The third-order valence-corrected chi connectivity index (χ3v) is 12.2. The molecule has 477 valence electrons. The molecule has 0 aromatic rings. The Morgan fingerprint density at radius 2 is 0.687 bits per heavy atom. The van der Waals surface area contributed by atoms with Gasteiger partial charge in [0.15, 0.2) is 0 Å². The average molecular weight is 1330 g/mol. The fourth-order valence-corrected chi connectivity index (χ4v) is 8.04. The zero-order chi connectivity index (χ0) is 61.0. The first-order chi connectivity index (χ1) is 37.4. The second-order valence-electron chi connectivity index (χ2n) is 20.2. The van der Waals surface area contributed by atoms with Crippen LogP contribution in [0.4, 0.5) is 0 Å². The predicted octanol–water partition coefficient (Wildman–Crippen LogP) is 0.0565. The summed E-state index contributed by atoms with van der Waals surface area (Å²) >= 11 is 0. The molecular weight excluding hydrogens is 1250 g/mol. The fourth-order valence-electron chi connectivity index (χ4n) is 8.04. The molecule has 30 nitrogen and oxygen atoms in total. The molecule has 0 aliphatic rings. The molecule has 0 aromatic heterocycles. The molecule has 0 fully saturated rings. The van der Waals surface area contributed by atoms with E-state index in [4.69, 9.17) is 44.8 Å². The number of carboxylic acids is 9. The number of hydrogen-bond donors (Lipinski definition) is 11. The molecule has 0 aliphatic heterocycles. The minimum atomic E-state index is -1.41. The fraction of sp³-hybridized carbons (Fsp3) is 0.740. The summed E-state index contributed by atoms with van der Waals surface area (Å²) < 4.78 is 17.9. The summed E-state index contributed by atoms with van der Waals surface area (Å²) in [5.74, 6) is -14.0. The SMILES string of the molecule is CC(C)(C)C(=O)CC(COCCC(=O)CCCCCC(C(=O)O)N(CC(=O)O)CC(=O)O)(COCCC(=O)NCCCCC(C(=O)O)N(CC(=O)O)CC(=O)O)COCCC(=O)NCCCCC(C(=O)O)N(CC(=O)O)CC(=O)O.[Ni+3].[Ni+3].[Ni+3]. The van der Waals surface area contributed by atoms with Gasteiger partial charge in [-0.2, -0.15) is 0 Å². The zero-order valence-electron chi connectivity index (χ0n) is 46.6. The summed E-state index contributed by atoms with van der Waals surface area (Å²) in [5.41, 5.74) is -2.12. The van der Waals surface area contributed by atoms with Crippen LogP contribution in [-0.4, -0.2) is 248 Å². The Hall–Kier alpha value is -5.25. The van der Waals surface area contributed by atoms with Gasteiger partial charge in [-0.3, -0.25) is 77.0 Å². The Bertz CT molecular complexity index is 1830. The van der Waals surface area contributed by atoms with Crippen LogP contribution >= 0.6 is 0 Å². The van der Waals surface area contributed by atoms with Gasteiger partial charge in [-0.1, -0.05) is 33.6 Å². The van der Waals surface area contributed by atoms with Crippen LogP contribution in [0.3, 0.4) is 0 Å². The van der Waals surface area contributed by atoms with E-state index in [1.807, 2.05) is 0 Å². The molecular formula is C50H81N5Ni3O25+9. The van der Waals surface area contributed by atoms with Crippen molar-refractivity contribution in [2.24, 2.45) is 10.8 Å². The van der Waals surface area contributed by atoms with Crippen LogP contribution in [0, 0.1) is 10.8 Å². The maximum atomic E-state index is 13.6. The Morgan fingerprint density at radius 3 is 0.964 bits per heavy atom. The monoisotopic (exact) mass is 1330 g/mol. The number of unbranched alkanes of at least 4 members (excludes halogenated alkanes) is 4. The Morgan fingerprint density at radius 1 is 0.398 bits per heavy atom. The molecule has 0 saturated heterocycles. The molecule has 3 atom stereocenters. The number of carbonyl (C=O) groups excluding carboxylic acids is 4. The number of carbonyl (C=O) groups is 13. The largest absolute Gasteiger partial charge is 3.00 e. The summed E-state index contributed by atoms with van der Waals surface area (Å²) in [6.45, 7) is -0.727. The molecule has 0 rings (SSSR count). The smallest absolute Gasteiger partial charge is 0.480 e. The normalized spacial score (nSPS) is 12.9. The van der Waals surface area contributed by atoms with E-state index >= 15 is 0 Å². The van der Waals surface area contributed by atoms with Crippen molar-refractivity contribution >= 4 is 77.1 Å². The van der Waals surface area contributed by atoms with Gasteiger partial charge in [-0.05, 0) is 51.4 Å². The number of nitrogens with zero attached hydrogens (tertiary/aromatic N) is 3. The number of ether oxygens (including phenoxy) is 3. The van der Waals surface area contributed by atoms with Gasteiger partial charge >= 0.3 is 103 Å². The summed E-state index contributed by atoms with van der Waals surface area (Å²) in [4.78, 5) is 157. The van der Waals surface area contributed by atoms with E-state index in [2.05, 4.69) is 10.6 Å². The van der Waals surface area contributed by atoms with Crippen molar-refractivity contribution in [2.75, 3.05) is 92.0 Å². The van der Waals surface area contributed by atoms with E-state index in [0.29, 0.717) is 12.8 Å². The van der Waals surface area contributed by atoms with E-state index < -0.39 is 134 Å². The van der Waals surface area contributed by atoms with Crippen molar-refractivity contribution in [2.45, 2.75) is 135 Å². The van der Waals surface area contributed by atoms with E-state index in [1.165, 1.54) is 0 Å². The van der Waals surface area contributed by atoms with Crippen LogP contribution in [0.2, 0.25) is 0 Å². The molecule has 11 N–H and O–H groups in total. The third-order valence-electron chi connectivity index (χ3n) is 12.2. The van der Waals surface area contributed by atoms with Gasteiger partial charge in [0.05, 0.1) is 78.9 Å². The quantitative estimate of drug-likeness (QED) is 0.0283. The predicted molar refractivity (Wildman–Crippen MR) is 274 cm³/mol. The van der Waals surface area contributed by atoms with Gasteiger partial charge in [0, 0.05) is 56.0 Å². The number of aliphatic carboxylic acids is 9. The minimum Gasteiger partial charge on any atom is -0.480 e. The Balaban J connectivity index is -0.0000104. The third kappa shape index (κ3) is 41.4.